The van der Waals surface area contributed by atoms with Crippen molar-refractivity contribution >= 4 is 17.3 Å². The second-order valence-corrected chi connectivity index (χ2v) is 8.27. The number of nitriles is 3. The Bertz CT molecular complexity index is 1080. The van der Waals surface area contributed by atoms with E-state index in [-0.39, 0.29) is 10.8 Å². The number of nitrogens with zero attached hydrogens (tertiary/aromatic N) is 4. The Morgan fingerprint density at radius 2 is 1.79 bits per heavy atom. The van der Waals surface area contributed by atoms with Crippen LogP contribution in [0.25, 0.3) is 5.57 Å². The molecule has 1 atom stereocenters. The first kappa shape index (κ1) is 18.3. The van der Waals surface area contributed by atoms with E-state index in [1.165, 1.54) is 17.3 Å². The van der Waals surface area contributed by atoms with Crippen molar-refractivity contribution in [3.63, 3.8) is 0 Å². The van der Waals surface area contributed by atoms with Gasteiger partial charge in [-0.25, -0.2) is 4.98 Å². The van der Waals surface area contributed by atoms with Gasteiger partial charge in [-0.3, -0.25) is 0 Å². The molecule has 2 aliphatic rings. The summed E-state index contributed by atoms with van der Waals surface area (Å²) in [4.78, 5) is 4.83. The van der Waals surface area contributed by atoms with E-state index >= 15 is 0 Å². The van der Waals surface area contributed by atoms with Crippen molar-refractivity contribution in [2.45, 2.75) is 48.8 Å². The lowest BCUT2D eigenvalue weighted by Gasteiger charge is -2.28. The zero-order valence-electron chi connectivity index (χ0n) is 15.4. The molecule has 4 rings (SSSR count). The predicted octanol–water partition coefficient (Wildman–Crippen LogP) is 4.74. The summed E-state index contributed by atoms with van der Waals surface area (Å²) in [5, 5.41) is 29.4. The number of benzene rings is 1. The highest BCUT2D eigenvalue weighted by Gasteiger charge is 2.29. The minimum atomic E-state index is -0.0644. The van der Waals surface area contributed by atoms with Gasteiger partial charge in [0.05, 0.1) is 5.56 Å². The van der Waals surface area contributed by atoms with Gasteiger partial charge in [0.15, 0.2) is 0 Å². The van der Waals surface area contributed by atoms with Gasteiger partial charge in [-0.05, 0) is 61.3 Å². The molecule has 136 valence electrons. The van der Waals surface area contributed by atoms with Gasteiger partial charge in [0.2, 0.25) is 0 Å². The third-order valence-electron chi connectivity index (χ3n) is 5.44. The summed E-state index contributed by atoms with van der Waals surface area (Å²) < 4.78 is 0. The van der Waals surface area contributed by atoms with Crippen LogP contribution in [0.1, 0.15) is 47.2 Å². The summed E-state index contributed by atoms with van der Waals surface area (Å²) >= 11 is 1.53. The van der Waals surface area contributed by atoms with Crippen LogP contribution in [0.5, 0.6) is 0 Å². The molecule has 0 spiro atoms. The Kier molecular flexibility index (Phi) is 5.16. The highest BCUT2D eigenvalue weighted by molar-refractivity contribution is 8.00. The molecule has 4 nitrogen and oxygen atoms in total. The van der Waals surface area contributed by atoms with Crippen molar-refractivity contribution in [3.05, 3.63) is 63.9 Å². The number of thioether (sulfide) groups is 1. The van der Waals surface area contributed by atoms with Gasteiger partial charge in [-0.2, -0.15) is 15.8 Å². The monoisotopic (exact) mass is 382 g/mol. The first-order valence-electron chi connectivity index (χ1n) is 9.47. The molecule has 0 saturated heterocycles. The smallest absolute Gasteiger partial charge is 0.134 e. The summed E-state index contributed by atoms with van der Waals surface area (Å²) in [6.07, 6.45) is 5.90. The predicted molar refractivity (Wildman–Crippen MR) is 108 cm³/mol. The summed E-state index contributed by atoms with van der Waals surface area (Å²) in [5.41, 5.74) is 5.94. The van der Waals surface area contributed by atoms with E-state index in [9.17, 15) is 15.8 Å². The molecule has 0 aliphatic heterocycles. The maximum absolute atomic E-state index is 9.65. The molecule has 1 aromatic carbocycles. The zero-order chi connectivity index (χ0) is 19.5. The van der Waals surface area contributed by atoms with E-state index < -0.39 is 0 Å². The maximum Gasteiger partial charge on any atom is 0.134 e. The fraction of sp³-hybridized carbons (Fsp3) is 0.304. The first-order chi connectivity index (χ1) is 13.7. The van der Waals surface area contributed by atoms with Crippen molar-refractivity contribution in [1.29, 1.82) is 15.8 Å². The SMILES string of the molecule is N#CC(C#N)=C1c2ccccc2CCC1Sc1nc2c(cc1C#N)CCCC2. The average Bonchev–Trinajstić information content (AvgIpc) is 2.75. The van der Waals surface area contributed by atoms with E-state index in [2.05, 4.69) is 24.3 Å². The molecule has 0 radical (unpaired) electrons. The Balaban J connectivity index is 1.78. The molecule has 0 N–H and O–H groups in total. The molecule has 1 aromatic heterocycles. The van der Waals surface area contributed by atoms with Gasteiger partial charge < -0.3 is 0 Å². The molecular weight excluding hydrogens is 364 g/mol. The van der Waals surface area contributed by atoms with E-state index in [0.717, 1.165) is 65.9 Å². The third kappa shape index (κ3) is 3.29. The molecule has 1 unspecified atom stereocenters. The van der Waals surface area contributed by atoms with Crippen LogP contribution < -0.4 is 0 Å². The molecule has 5 heteroatoms. The van der Waals surface area contributed by atoms with Gasteiger partial charge in [-0.1, -0.05) is 36.0 Å². The van der Waals surface area contributed by atoms with Crippen LogP contribution in [-0.4, -0.2) is 10.2 Å². The van der Waals surface area contributed by atoms with Crippen molar-refractivity contribution in [2.75, 3.05) is 0 Å². The lowest BCUT2D eigenvalue weighted by molar-refractivity contribution is 0.659. The minimum absolute atomic E-state index is 0.0644. The number of rotatable bonds is 2. The van der Waals surface area contributed by atoms with Crippen LogP contribution in [0.4, 0.5) is 0 Å². The second-order valence-electron chi connectivity index (χ2n) is 7.08. The molecule has 0 amide bonds. The molecular formula is C23H18N4S. The van der Waals surface area contributed by atoms with Crippen LogP contribution in [-0.2, 0) is 19.3 Å². The van der Waals surface area contributed by atoms with Crippen LogP contribution in [0, 0.1) is 34.0 Å². The second kappa shape index (κ2) is 7.89. The largest absolute Gasteiger partial charge is 0.245 e. The topological polar surface area (TPSA) is 84.3 Å². The first-order valence-corrected chi connectivity index (χ1v) is 10.3. The number of pyridine rings is 1. The molecule has 28 heavy (non-hydrogen) atoms. The number of aryl methyl sites for hydroxylation is 3. The van der Waals surface area contributed by atoms with Crippen LogP contribution in [0.3, 0.4) is 0 Å². The quantitative estimate of drug-likeness (QED) is 0.700. The van der Waals surface area contributed by atoms with E-state index in [0.29, 0.717) is 5.56 Å². The molecule has 2 aromatic rings. The maximum atomic E-state index is 9.65. The van der Waals surface area contributed by atoms with Gasteiger partial charge in [0.25, 0.3) is 0 Å². The van der Waals surface area contributed by atoms with Gasteiger partial charge in [0, 0.05) is 16.5 Å². The standard InChI is InChI=1S/C23H18N4S/c24-12-17-11-16-6-2-4-8-20(16)27-23(17)28-21-10-9-15-5-1-3-7-19(15)22(21)18(13-25)14-26/h1,3,5,7,11,21H,2,4,6,8-10H2. The van der Waals surface area contributed by atoms with Crippen molar-refractivity contribution in [3.8, 4) is 18.2 Å². The summed E-state index contributed by atoms with van der Waals surface area (Å²) in [7, 11) is 0. The Morgan fingerprint density at radius 1 is 1.00 bits per heavy atom. The lowest BCUT2D eigenvalue weighted by atomic mass is 9.85. The number of hydrogen-bond acceptors (Lipinski definition) is 5. The van der Waals surface area contributed by atoms with E-state index in [1.54, 1.807) is 0 Å². The van der Waals surface area contributed by atoms with Gasteiger partial charge in [0.1, 0.15) is 28.8 Å². The average molecular weight is 382 g/mol. The Hall–Kier alpha value is -3.07. The van der Waals surface area contributed by atoms with Crippen molar-refractivity contribution < 1.29 is 0 Å². The van der Waals surface area contributed by atoms with Crippen LogP contribution in [0.2, 0.25) is 0 Å². The number of aromatic nitrogens is 1. The summed E-state index contributed by atoms with van der Waals surface area (Å²) in [6, 6.07) is 16.4. The zero-order valence-corrected chi connectivity index (χ0v) is 16.2. The van der Waals surface area contributed by atoms with Gasteiger partial charge >= 0.3 is 0 Å². The Labute approximate surface area is 169 Å². The normalized spacial score (nSPS) is 17.5. The molecule has 0 fully saturated rings. The third-order valence-corrected chi connectivity index (χ3v) is 6.73. The van der Waals surface area contributed by atoms with E-state index in [4.69, 9.17) is 4.98 Å². The molecule has 0 saturated carbocycles. The molecule has 2 aliphatic carbocycles. The number of allylic oxidation sites excluding steroid dienone is 1. The van der Waals surface area contributed by atoms with Crippen molar-refractivity contribution in [1.82, 2.24) is 4.98 Å². The molecule has 0 bridgehead atoms. The number of hydrogen-bond donors (Lipinski definition) is 0. The fourth-order valence-corrected chi connectivity index (χ4v) is 5.35. The highest BCUT2D eigenvalue weighted by Crippen LogP contribution is 2.43. The van der Waals surface area contributed by atoms with Gasteiger partial charge in [-0.15, -0.1) is 0 Å². The van der Waals surface area contributed by atoms with Crippen LogP contribution in [0.15, 0.2) is 40.9 Å². The summed E-state index contributed by atoms with van der Waals surface area (Å²) in [5.74, 6) is 0. The number of fused-ring (bicyclic) bond motifs is 2. The lowest BCUT2D eigenvalue weighted by Crippen LogP contribution is -2.18. The Morgan fingerprint density at radius 3 is 2.57 bits per heavy atom. The highest BCUT2D eigenvalue weighted by atomic mass is 32.2. The summed E-state index contributed by atoms with van der Waals surface area (Å²) in [6.45, 7) is 0. The van der Waals surface area contributed by atoms with Crippen LogP contribution >= 0.6 is 11.8 Å². The van der Waals surface area contributed by atoms with Crippen molar-refractivity contribution in [2.24, 2.45) is 0 Å². The molecule has 1 heterocycles. The fourth-order valence-electron chi connectivity index (χ4n) is 4.08. The van der Waals surface area contributed by atoms with E-state index in [1.807, 2.05) is 24.3 Å². The minimum Gasteiger partial charge on any atom is -0.245 e.